The maximum absolute atomic E-state index is 9.52. The molecular formula is C13H28O2. The van der Waals surface area contributed by atoms with E-state index in [1.807, 2.05) is 6.92 Å². The maximum atomic E-state index is 9.52. The van der Waals surface area contributed by atoms with Gasteiger partial charge in [-0.1, -0.05) is 26.7 Å². The molecule has 2 nitrogen and oxygen atoms in total. The summed E-state index contributed by atoms with van der Waals surface area (Å²) in [5, 5.41) is 9.52. The number of unbranched alkanes of at least 4 members (excludes halogenated alkanes) is 1. The normalized spacial score (nSPS) is 15.2. The van der Waals surface area contributed by atoms with Gasteiger partial charge in [0.15, 0.2) is 0 Å². The predicted molar refractivity (Wildman–Crippen MR) is 65.1 cm³/mol. The summed E-state index contributed by atoms with van der Waals surface area (Å²) in [7, 11) is 0. The topological polar surface area (TPSA) is 29.5 Å². The molecule has 0 aliphatic heterocycles. The first-order valence-corrected chi connectivity index (χ1v) is 6.43. The number of rotatable bonds is 10. The fourth-order valence-corrected chi connectivity index (χ4v) is 1.99. The smallest absolute Gasteiger partial charge is 0.0487 e. The minimum atomic E-state index is 0.160. The van der Waals surface area contributed by atoms with Gasteiger partial charge in [-0.05, 0) is 38.0 Å². The van der Waals surface area contributed by atoms with E-state index in [4.69, 9.17) is 4.74 Å². The lowest BCUT2D eigenvalue weighted by Gasteiger charge is -2.30. The summed E-state index contributed by atoms with van der Waals surface area (Å²) in [6.45, 7) is 8.38. The van der Waals surface area contributed by atoms with E-state index >= 15 is 0 Å². The Kier molecular flexibility index (Phi) is 9.12. The van der Waals surface area contributed by atoms with E-state index in [0.717, 1.165) is 38.9 Å². The third-order valence-corrected chi connectivity index (χ3v) is 3.35. The molecule has 0 aliphatic carbocycles. The van der Waals surface area contributed by atoms with Crippen LogP contribution in [0.2, 0.25) is 0 Å². The Hall–Kier alpha value is -0.0800. The van der Waals surface area contributed by atoms with Crippen molar-refractivity contribution in [3.05, 3.63) is 0 Å². The van der Waals surface area contributed by atoms with E-state index in [-0.39, 0.29) is 5.41 Å². The highest BCUT2D eigenvalue weighted by Crippen LogP contribution is 2.33. The standard InChI is InChI=1S/C13H28O2/c1-4-7-9-13(5-2,12-14)10-8-11-15-6-3/h14H,4-12H2,1-3H3. The molecule has 0 amide bonds. The molecule has 0 bridgehead atoms. The van der Waals surface area contributed by atoms with Gasteiger partial charge in [0.05, 0.1) is 0 Å². The van der Waals surface area contributed by atoms with Crippen LogP contribution in [0.25, 0.3) is 0 Å². The molecule has 0 aromatic carbocycles. The third-order valence-electron chi connectivity index (χ3n) is 3.35. The highest BCUT2D eigenvalue weighted by molar-refractivity contribution is 4.77. The maximum Gasteiger partial charge on any atom is 0.0487 e. The molecular weight excluding hydrogens is 188 g/mol. The Morgan fingerprint density at radius 3 is 2.20 bits per heavy atom. The summed E-state index contributed by atoms with van der Waals surface area (Å²) in [4.78, 5) is 0. The second-order valence-corrected chi connectivity index (χ2v) is 4.42. The number of hydrogen-bond acceptors (Lipinski definition) is 2. The number of aliphatic hydroxyl groups is 1. The summed E-state index contributed by atoms with van der Waals surface area (Å²) < 4.78 is 5.34. The summed E-state index contributed by atoms with van der Waals surface area (Å²) in [5.74, 6) is 0. The number of ether oxygens (including phenoxy) is 1. The van der Waals surface area contributed by atoms with Crippen molar-refractivity contribution in [2.45, 2.75) is 59.3 Å². The average molecular weight is 216 g/mol. The van der Waals surface area contributed by atoms with Crippen molar-refractivity contribution >= 4 is 0 Å². The van der Waals surface area contributed by atoms with Crippen molar-refractivity contribution in [2.75, 3.05) is 19.8 Å². The molecule has 2 heteroatoms. The Bertz CT molecular complexity index is 130. The van der Waals surface area contributed by atoms with Gasteiger partial charge in [0.25, 0.3) is 0 Å². The second-order valence-electron chi connectivity index (χ2n) is 4.42. The van der Waals surface area contributed by atoms with Gasteiger partial charge in [-0.25, -0.2) is 0 Å². The Labute approximate surface area is 95.0 Å². The van der Waals surface area contributed by atoms with Crippen LogP contribution >= 0.6 is 0 Å². The summed E-state index contributed by atoms with van der Waals surface area (Å²) in [6, 6.07) is 0. The van der Waals surface area contributed by atoms with Crippen LogP contribution in [0.1, 0.15) is 59.3 Å². The Balaban J connectivity index is 3.88. The van der Waals surface area contributed by atoms with Gasteiger partial charge in [-0.15, -0.1) is 0 Å². The van der Waals surface area contributed by atoms with Gasteiger partial charge in [-0.2, -0.15) is 0 Å². The summed E-state index contributed by atoms with van der Waals surface area (Å²) >= 11 is 0. The molecule has 0 heterocycles. The van der Waals surface area contributed by atoms with Crippen molar-refractivity contribution in [3.8, 4) is 0 Å². The lowest BCUT2D eigenvalue weighted by atomic mass is 9.77. The summed E-state index contributed by atoms with van der Waals surface area (Å²) in [6.07, 6.45) is 6.85. The van der Waals surface area contributed by atoms with Gasteiger partial charge in [0, 0.05) is 19.8 Å². The Morgan fingerprint density at radius 1 is 1.07 bits per heavy atom. The van der Waals surface area contributed by atoms with Crippen molar-refractivity contribution in [2.24, 2.45) is 5.41 Å². The highest BCUT2D eigenvalue weighted by atomic mass is 16.5. The third kappa shape index (κ3) is 6.16. The van der Waals surface area contributed by atoms with E-state index in [1.165, 1.54) is 12.8 Å². The molecule has 1 N–H and O–H groups in total. The zero-order chi connectivity index (χ0) is 11.6. The van der Waals surface area contributed by atoms with Crippen molar-refractivity contribution in [1.82, 2.24) is 0 Å². The molecule has 0 spiro atoms. The molecule has 0 aliphatic rings. The lowest BCUT2D eigenvalue weighted by Crippen LogP contribution is -2.25. The SMILES string of the molecule is CCCCC(CC)(CO)CCCOCC. The molecule has 0 aromatic heterocycles. The second kappa shape index (κ2) is 9.17. The zero-order valence-electron chi connectivity index (χ0n) is 10.7. The van der Waals surface area contributed by atoms with Gasteiger partial charge in [-0.3, -0.25) is 0 Å². The van der Waals surface area contributed by atoms with Gasteiger partial charge < -0.3 is 9.84 Å². The van der Waals surface area contributed by atoms with Crippen molar-refractivity contribution < 1.29 is 9.84 Å². The van der Waals surface area contributed by atoms with Crippen LogP contribution < -0.4 is 0 Å². The molecule has 0 fully saturated rings. The Morgan fingerprint density at radius 2 is 1.73 bits per heavy atom. The molecule has 0 saturated heterocycles. The van der Waals surface area contributed by atoms with Crippen LogP contribution in [0.4, 0.5) is 0 Å². The fraction of sp³-hybridized carbons (Fsp3) is 1.00. The first-order chi connectivity index (χ1) is 7.24. The van der Waals surface area contributed by atoms with Crippen LogP contribution in [-0.2, 0) is 4.74 Å². The first kappa shape index (κ1) is 14.9. The number of aliphatic hydroxyl groups excluding tert-OH is 1. The minimum Gasteiger partial charge on any atom is -0.396 e. The first-order valence-electron chi connectivity index (χ1n) is 6.43. The lowest BCUT2D eigenvalue weighted by molar-refractivity contribution is 0.0758. The highest BCUT2D eigenvalue weighted by Gasteiger charge is 2.25. The fourth-order valence-electron chi connectivity index (χ4n) is 1.99. The van der Waals surface area contributed by atoms with Crippen LogP contribution in [0, 0.1) is 5.41 Å². The van der Waals surface area contributed by atoms with Crippen LogP contribution in [0.3, 0.4) is 0 Å². The van der Waals surface area contributed by atoms with Gasteiger partial charge in [0.1, 0.15) is 0 Å². The van der Waals surface area contributed by atoms with Gasteiger partial charge in [0.2, 0.25) is 0 Å². The van der Waals surface area contributed by atoms with Crippen molar-refractivity contribution in [1.29, 1.82) is 0 Å². The molecule has 1 unspecified atom stereocenters. The summed E-state index contributed by atoms with van der Waals surface area (Å²) in [5.41, 5.74) is 0.160. The van der Waals surface area contributed by atoms with Gasteiger partial charge >= 0.3 is 0 Å². The zero-order valence-corrected chi connectivity index (χ0v) is 10.7. The van der Waals surface area contributed by atoms with Crippen LogP contribution in [-0.4, -0.2) is 24.9 Å². The van der Waals surface area contributed by atoms with Crippen molar-refractivity contribution in [3.63, 3.8) is 0 Å². The van der Waals surface area contributed by atoms with Crippen LogP contribution in [0.15, 0.2) is 0 Å². The predicted octanol–water partition coefficient (Wildman–Crippen LogP) is 3.38. The van der Waals surface area contributed by atoms with Crippen LogP contribution in [0.5, 0.6) is 0 Å². The van der Waals surface area contributed by atoms with E-state index in [2.05, 4.69) is 13.8 Å². The molecule has 0 aromatic rings. The molecule has 0 radical (unpaired) electrons. The van der Waals surface area contributed by atoms with E-state index in [0.29, 0.717) is 6.61 Å². The molecule has 1 atom stereocenters. The molecule has 15 heavy (non-hydrogen) atoms. The molecule has 0 saturated carbocycles. The van der Waals surface area contributed by atoms with E-state index < -0.39 is 0 Å². The van der Waals surface area contributed by atoms with E-state index in [1.54, 1.807) is 0 Å². The monoisotopic (exact) mass is 216 g/mol. The molecule has 0 rings (SSSR count). The quantitative estimate of drug-likeness (QED) is 0.567. The molecule has 92 valence electrons. The number of hydrogen-bond donors (Lipinski definition) is 1. The average Bonchev–Trinajstić information content (AvgIpc) is 2.29. The largest absolute Gasteiger partial charge is 0.396 e. The van der Waals surface area contributed by atoms with E-state index in [9.17, 15) is 5.11 Å². The minimum absolute atomic E-state index is 0.160.